The fraction of sp³-hybridized carbons (Fsp3) is 0.538. The van der Waals surface area contributed by atoms with Gasteiger partial charge in [-0.25, -0.2) is 8.78 Å². The Kier molecular flexibility index (Phi) is 3.43. The van der Waals surface area contributed by atoms with Crippen molar-refractivity contribution in [2.75, 3.05) is 19.0 Å². The number of rotatable bonds is 3. The Morgan fingerprint density at radius 2 is 2.06 bits per heavy atom. The number of hydrogen-bond donors (Lipinski definition) is 2. The van der Waals surface area contributed by atoms with Gasteiger partial charge in [0.05, 0.1) is 12.8 Å². The Morgan fingerprint density at radius 1 is 1.33 bits per heavy atom. The van der Waals surface area contributed by atoms with E-state index in [0.717, 1.165) is 25.1 Å². The zero-order valence-corrected chi connectivity index (χ0v) is 10.8. The summed E-state index contributed by atoms with van der Waals surface area (Å²) < 4.78 is 32.0. The van der Waals surface area contributed by atoms with Gasteiger partial charge >= 0.3 is 0 Å². The van der Waals surface area contributed by atoms with E-state index >= 15 is 0 Å². The molecule has 0 radical (unpaired) electrons. The van der Waals surface area contributed by atoms with Gasteiger partial charge in [-0.1, -0.05) is 0 Å². The van der Waals surface area contributed by atoms with Crippen molar-refractivity contribution in [3.8, 4) is 5.75 Å². The van der Waals surface area contributed by atoms with Crippen LogP contribution in [0.4, 0.5) is 14.5 Å². The molecule has 1 aliphatic rings. The lowest BCUT2D eigenvalue weighted by molar-refractivity contribution is 0.383. The maximum absolute atomic E-state index is 13.7. The fourth-order valence-corrected chi connectivity index (χ4v) is 2.28. The molecule has 3 nitrogen and oxygen atoms in total. The number of nitrogens with one attached hydrogen (secondary N) is 2. The Bertz CT molecular complexity index is 449. The number of hydrogen-bond acceptors (Lipinski definition) is 3. The highest BCUT2D eigenvalue weighted by Gasteiger charge is 2.30. The largest absolute Gasteiger partial charge is 0.494 e. The van der Waals surface area contributed by atoms with Crippen LogP contribution in [0.25, 0.3) is 0 Å². The Labute approximate surface area is 106 Å². The molecule has 1 atom stereocenters. The highest BCUT2D eigenvalue weighted by molar-refractivity contribution is 5.50. The lowest BCUT2D eigenvalue weighted by atomic mass is 10.0. The van der Waals surface area contributed by atoms with Crippen molar-refractivity contribution in [1.29, 1.82) is 0 Å². The quantitative estimate of drug-likeness (QED) is 0.872. The van der Waals surface area contributed by atoms with Gasteiger partial charge in [0, 0.05) is 30.3 Å². The van der Waals surface area contributed by atoms with Crippen molar-refractivity contribution in [2.24, 2.45) is 0 Å². The number of ether oxygens (including phenoxy) is 1. The Balaban J connectivity index is 2.13. The molecule has 1 aliphatic heterocycles. The normalized spacial score (nSPS) is 21.9. The van der Waals surface area contributed by atoms with Gasteiger partial charge in [0.15, 0.2) is 11.6 Å². The van der Waals surface area contributed by atoms with E-state index in [0.29, 0.717) is 0 Å². The monoisotopic (exact) mass is 256 g/mol. The predicted octanol–water partition coefficient (Wildman–Crippen LogP) is 2.53. The van der Waals surface area contributed by atoms with E-state index in [2.05, 4.69) is 24.5 Å². The molecular weight excluding hydrogens is 238 g/mol. The van der Waals surface area contributed by atoms with Crippen LogP contribution in [0, 0.1) is 11.6 Å². The van der Waals surface area contributed by atoms with Gasteiger partial charge in [-0.2, -0.15) is 0 Å². The molecule has 100 valence electrons. The average molecular weight is 256 g/mol. The van der Waals surface area contributed by atoms with Crippen LogP contribution >= 0.6 is 0 Å². The molecule has 1 saturated heterocycles. The summed E-state index contributed by atoms with van der Waals surface area (Å²) in [5.41, 5.74) is 0.205. The van der Waals surface area contributed by atoms with Gasteiger partial charge in [-0.3, -0.25) is 0 Å². The van der Waals surface area contributed by atoms with Crippen molar-refractivity contribution in [2.45, 2.75) is 31.8 Å². The molecule has 1 heterocycles. The van der Waals surface area contributed by atoms with Crippen molar-refractivity contribution in [1.82, 2.24) is 5.32 Å². The molecule has 0 amide bonds. The van der Waals surface area contributed by atoms with Crippen LogP contribution < -0.4 is 15.4 Å². The van der Waals surface area contributed by atoms with Gasteiger partial charge in [0.1, 0.15) is 5.82 Å². The summed E-state index contributed by atoms with van der Waals surface area (Å²) in [7, 11) is 1.31. The summed E-state index contributed by atoms with van der Waals surface area (Å²) >= 11 is 0. The van der Waals surface area contributed by atoms with Gasteiger partial charge in [0.2, 0.25) is 0 Å². The third kappa shape index (κ3) is 2.72. The molecule has 0 saturated carbocycles. The van der Waals surface area contributed by atoms with Crippen LogP contribution in [0.15, 0.2) is 12.1 Å². The van der Waals surface area contributed by atoms with Crippen LogP contribution in [0.5, 0.6) is 5.75 Å². The summed E-state index contributed by atoms with van der Waals surface area (Å²) in [6.07, 6.45) is 0.861. The second-order valence-corrected chi connectivity index (χ2v) is 5.28. The van der Waals surface area contributed by atoms with Crippen molar-refractivity contribution < 1.29 is 13.5 Å². The standard InChI is InChI=1S/C13H18F2N2O/c1-13(2)6-8(7-16-13)17-11-4-10(15)12(18-3)5-9(11)14/h4-5,8,16-17H,6-7H2,1-3H3. The first-order valence-electron chi connectivity index (χ1n) is 5.96. The third-order valence-corrected chi connectivity index (χ3v) is 3.18. The summed E-state index contributed by atoms with van der Waals surface area (Å²) in [5.74, 6) is -1.15. The third-order valence-electron chi connectivity index (χ3n) is 3.18. The molecule has 1 fully saturated rings. The van der Waals surface area contributed by atoms with Crippen molar-refractivity contribution >= 4 is 5.69 Å². The van der Waals surface area contributed by atoms with E-state index in [1.807, 2.05) is 0 Å². The van der Waals surface area contributed by atoms with Crippen LogP contribution in [-0.2, 0) is 0 Å². The molecule has 1 aromatic rings. The van der Waals surface area contributed by atoms with Gasteiger partial charge in [0.25, 0.3) is 0 Å². The molecule has 18 heavy (non-hydrogen) atoms. The molecular formula is C13H18F2N2O. The minimum Gasteiger partial charge on any atom is -0.494 e. The van der Waals surface area contributed by atoms with E-state index in [1.165, 1.54) is 7.11 Å². The molecule has 0 aliphatic carbocycles. The maximum atomic E-state index is 13.7. The number of benzene rings is 1. The zero-order valence-electron chi connectivity index (χ0n) is 10.8. The molecule has 0 aromatic heterocycles. The van der Waals surface area contributed by atoms with Crippen LogP contribution in [0.3, 0.4) is 0 Å². The minimum atomic E-state index is -0.563. The van der Waals surface area contributed by atoms with Gasteiger partial charge in [-0.15, -0.1) is 0 Å². The van der Waals surface area contributed by atoms with Crippen molar-refractivity contribution in [3.05, 3.63) is 23.8 Å². The van der Waals surface area contributed by atoms with Crippen molar-refractivity contribution in [3.63, 3.8) is 0 Å². The van der Waals surface area contributed by atoms with Crippen LogP contribution in [0.1, 0.15) is 20.3 Å². The van der Waals surface area contributed by atoms with E-state index in [-0.39, 0.29) is 23.0 Å². The first-order valence-corrected chi connectivity index (χ1v) is 5.96. The first-order chi connectivity index (χ1) is 8.41. The number of halogens is 2. The zero-order chi connectivity index (χ0) is 13.3. The topological polar surface area (TPSA) is 33.3 Å². The summed E-state index contributed by atoms with van der Waals surface area (Å²) in [6.45, 7) is 4.90. The molecule has 5 heteroatoms. The lowest BCUT2D eigenvalue weighted by Gasteiger charge is -2.18. The molecule has 2 N–H and O–H groups in total. The highest BCUT2D eigenvalue weighted by Crippen LogP contribution is 2.27. The smallest absolute Gasteiger partial charge is 0.167 e. The highest BCUT2D eigenvalue weighted by atomic mass is 19.1. The molecule has 0 bridgehead atoms. The van der Waals surface area contributed by atoms with Crippen LogP contribution in [0.2, 0.25) is 0 Å². The van der Waals surface area contributed by atoms with E-state index in [9.17, 15) is 8.78 Å². The van der Waals surface area contributed by atoms with Crippen LogP contribution in [-0.4, -0.2) is 25.2 Å². The van der Waals surface area contributed by atoms with Gasteiger partial charge in [-0.05, 0) is 20.3 Å². The molecule has 0 spiro atoms. The second-order valence-electron chi connectivity index (χ2n) is 5.28. The molecule has 2 rings (SSSR count). The second kappa shape index (κ2) is 4.72. The minimum absolute atomic E-state index is 0.0269. The number of methoxy groups -OCH3 is 1. The average Bonchev–Trinajstić information content (AvgIpc) is 2.63. The summed E-state index contributed by atoms with van der Waals surface area (Å²) in [5, 5.41) is 6.34. The maximum Gasteiger partial charge on any atom is 0.167 e. The number of anilines is 1. The SMILES string of the molecule is COc1cc(F)c(NC2CNC(C)(C)C2)cc1F. The fourth-order valence-electron chi connectivity index (χ4n) is 2.28. The summed E-state index contributed by atoms with van der Waals surface area (Å²) in [4.78, 5) is 0. The first kappa shape index (κ1) is 13.1. The Hall–Kier alpha value is -1.36. The van der Waals surface area contributed by atoms with Gasteiger partial charge < -0.3 is 15.4 Å². The molecule has 1 aromatic carbocycles. The van der Waals surface area contributed by atoms with E-state index in [1.54, 1.807) is 0 Å². The summed E-state index contributed by atoms with van der Waals surface area (Å²) in [6, 6.07) is 2.30. The van der Waals surface area contributed by atoms with E-state index in [4.69, 9.17) is 4.74 Å². The molecule has 1 unspecified atom stereocenters. The predicted molar refractivity (Wildman–Crippen MR) is 67.0 cm³/mol. The van der Waals surface area contributed by atoms with E-state index < -0.39 is 11.6 Å². The Morgan fingerprint density at radius 3 is 2.61 bits per heavy atom. The lowest BCUT2D eigenvalue weighted by Crippen LogP contribution is -2.31.